The van der Waals surface area contributed by atoms with E-state index in [-0.39, 0.29) is 0 Å². The Kier molecular flexibility index (Phi) is 6.09. The van der Waals surface area contributed by atoms with E-state index < -0.39 is 0 Å². The summed E-state index contributed by atoms with van der Waals surface area (Å²) in [7, 11) is 0. The lowest BCUT2D eigenvalue weighted by Crippen LogP contribution is -1.91. The molecule has 0 aliphatic heterocycles. The Balaban J connectivity index is 1.13. The van der Waals surface area contributed by atoms with Gasteiger partial charge in [0, 0.05) is 26.4 Å². The second kappa shape index (κ2) is 10.9. The summed E-state index contributed by atoms with van der Waals surface area (Å²) in [6, 6.07) is 60.7. The molecule has 11 aromatic rings. The maximum absolute atomic E-state index is 2.44. The average Bonchev–Trinajstić information content (AvgIpc) is 3.78. The molecule has 11 rings (SSSR count). The highest BCUT2D eigenvalue weighted by atomic mass is 32.1. The van der Waals surface area contributed by atoms with Gasteiger partial charge in [-0.3, -0.25) is 0 Å². The molecule has 0 fully saturated rings. The summed E-state index contributed by atoms with van der Waals surface area (Å²) in [5.41, 5.74) is 7.76. The van der Waals surface area contributed by atoms with Crippen LogP contribution in [0.4, 0.5) is 0 Å². The molecule has 232 valence electrons. The van der Waals surface area contributed by atoms with Crippen molar-refractivity contribution >= 4 is 96.0 Å². The molecular formula is C48H28S2. The highest BCUT2D eigenvalue weighted by molar-refractivity contribution is 7.30. The maximum Gasteiger partial charge on any atom is 0.0533 e. The summed E-state index contributed by atoms with van der Waals surface area (Å²) in [6.07, 6.45) is 0. The van der Waals surface area contributed by atoms with Gasteiger partial charge in [-0.05, 0) is 88.4 Å². The standard InChI is InChI=1S/C48H28S2/c1-2-12-31-26-32(21-20-29(31)10-1)43-28-49-47-42(43)25-24-41-35-23-22-33(27-44(35)50-48(41)47)45-37-15-5-7-17-39(37)46(40-18-8-6-16-38(40)45)36-19-9-13-30-11-3-4-14-34(30)36/h1-28H. The van der Waals surface area contributed by atoms with Gasteiger partial charge in [0.1, 0.15) is 0 Å². The minimum Gasteiger partial charge on any atom is -0.142 e. The van der Waals surface area contributed by atoms with E-state index in [2.05, 4.69) is 169 Å². The van der Waals surface area contributed by atoms with E-state index in [1.54, 1.807) is 0 Å². The van der Waals surface area contributed by atoms with E-state index in [0.717, 1.165) is 0 Å². The van der Waals surface area contributed by atoms with Gasteiger partial charge in [0.2, 0.25) is 0 Å². The Morgan fingerprint density at radius 2 is 0.920 bits per heavy atom. The number of thiophene rings is 2. The molecule has 0 aliphatic rings. The van der Waals surface area contributed by atoms with Crippen LogP contribution in [0, 0.1) is 0 Å². The van der Waals surface area contributed by atoms with Gasteiger partial charge in [0.15, 0.2) is 0 Å². The third kappa shape index (κ3) is 4.10. The molecular weight excluding hydrogens is 641 g/mol. The van der Waals surface area contributed by atoms with Crippen LogP contribution in [0.5, 0.6) is 0 Å². The minimum atomic E-state index is 1.26. The highest BCUT2D eigenvalue weighted by Gasteiger charge is 2.19. The van der Waals surface area contributed by atoms with Crippen LogP contribution in [0.25, 0.3) is 107 Å². The Morgan fingerprint density at radius 1 is 0.320 bits per heavy atom. The van der Waals surface area contributed by atoms with Gasteiger partial charge in [0.05, 0.1) is 9.40 Å². The predicted octanol–water partition coefficient (Wildman–Crippen LogP) is 14.9. The van der Waals surface area contributed by atoms with Crippen molar-refractivity contribution in [2.45, 2.75) is 0 Å². The molecule has 50 heavy (non-hydrogen) atoms. The lowest BCUT2D eigenvalue weighted by Gasteiger charge is -2.18. The molecule has 2 heterocycles. The van der Waals surface area contributed by atoms with Crippen molar-refractivity contribution in [3.8, 4) is 33.4 Å². The van der Waals surface area contributed by atoms with E-state index in [9.17, 15) is 0 Å². The first kappa shape index (κ1) is 28.1. The number of hydrogen-bond donors (Lipinski definition) is 0. The van der Waals surface area contributed by atoms with Gasteiger partial charge < -0.3 is 0 Å². The lowest BCUT2D eigenvalue weighted by atomic mass is 9.84. The quantitative estimate of drug-likeness (QED) is 0.164. The number of hydrogen-bond acceptors (Lipinski definition) is 2. The fourth-order valence-corrected chi connectivity index (χ4v) is 10.7. The third-order valence-corrected chi connectivity index (χ3v) is 12.8. The molecule has 0 saturated carbocycles. The molecule has 2 heteroatoms. The Bertz CT molecular complexity index is 3090. The van der Waals surface area contributed by atoms with Crippen molar-refractivity contribution in [1.82, 2.24) is 0 Å². The van der Waals surface area contributed by atoms with E-state index in [4.69, 9.17) is 0 Å². The van der Waals surface area contributed by atoms with E-state index >= 15 is 0 Å². The van der Waals surface area contributed by atoms with Crippen LogP contribution in [0.15, 0.2) is 169 Å². The van der Waals surface area contributed by atoms with Crippen molar-refractivity contribution in [1.29, 1.82) is 0 Å². The summed E-state index contributed by atoms with van der Waals surface area (Å²) in [6.45, 7) is 0. The average molecular weight is 669 g/mol. The van der Waals surface area contributed by atoms with Gasteiger partial charge in [-0.25, -0.2) is 0 Å². The van der Waals surface area contributed by atoms with Crippen LogP contribution < -0.4 is 0 Å². The first-order valence-corrected chi connectivity index (χ1v) is 18.8. The van der Waals surface area contributed by atoms with Gasteiger partial charge in [-0.2, -0.15) is 0 Å². The molecule has 0 bridgehead atoms. The zero-order valence-corrected chi connectivity index (χ0v) is 28.6. The fourth-order valence-electron chi connectivity index (χ4n) is 8.23. The second-order valence-electron chi connectivity index (χ2n) is 13.2. The first-order chi connectivity index (χ1) is 24.8. The third-order valence-electron chi connectivity index (χ3n) is 10.5. The van der Waals surface area contributed by atoms with Crippen LogP contribution in [0.3, 0.4) is 0 Å². The molecule has 0 N–H and O–H groups in total. The summed E-state index contributed by atoms with van der Waals surface area (Å²) < 4.78 is 4.09. The molecule has 2 aromatic heterocycles. The number of fused-ring (bicyclic) bond motifs is 9. The van der Waals surface area contributed by atoms with E-state index in [0.29, 0.717) is 0 Å². The Hall–Kier alpha value is -5.80. The topological polar surface area (TPSA) is 0 Å². The summed E-state index contributed by atoms with van der Waals surface area (Å²) in [5, 5.41) is 16.6. The molecule has 9 aromatic carbocycles. The van der Waals surface area contributed by atoms with Crippen molar-refractivity contribution in [2.24, 2.45) is 0 Å². The summed E-state index contributed by atoms with van der Waals surface area (Å²) in [5.74, 6) is 0. The smallest absolute Gasteiger partial charge is 0.0533 e. The van der Waals surface area contributed by atoms with Crippen molar-refractivity contribution < 1.29 is 0 Å². The van der Waals surface area contributed by atoms with Crippen LogP contribution >= 0.6 is 22.7 Å². The Morgan fingerprint density at radius 3 is 1.70 bits per heavy atom. The molecule has 0 atom stereocenters. The highest BCUT2D eigenvalue weighted by Crippen LogP contribution is 2.48. The molecule has 0 nitrogen and oxygen atoms in total. The predicted molar refractivity (Wildman–Crippen MR) is 221 cm³/mol. The van der Waals surface area contributed by atoms with Gasteiger partial charge in [-0.1, -0.05) is 152 Å². The molecule has 0 spiro atoms. The molecule has 0 amide bonds. The molecule has 0 unspecified atom stereocenters. The lowest BCUT2D eigenvalue weighted by molar-refractivity contribution is 1.69. The zero-order chi connectivity index (χ0) is 32.8. The Labute approximate surface area is 297 Å². The van der Waals surface area contributed by atoms with Gasteiger partial charge in [-0.15, -0.1) is 22.7 Å². The van der Waals surface area contributed by atoms with Crippen LogP contribution in [0.2, 0.25) is 0 Å². The monoisotopic (exact) mass is 668 g/mol. The normalized spacial score (nSPS) is 12.0. The zero-order valence-electron chi connectivity index (χ0n) is 27.0. The summed E-state index contributed by atoms with van der Waals surface area (Å²) >= 11 is 3.81. The van der Waals surface area contributed by atoms with Crippen molar-refractivity contribution in [3.05, 3.63) is 169 Å². The number of rotatable bonds is 3. The molecule has 0 radical (unpaired) electrons. The molecule has 0 aliphatic carbocycles. The first-order valence-electron chi connectivity index (χ1n) is 17.1. The largest absolute Gasteiger partial charge is 0.142 e. The SMILES string of the molecule is c1ccc2cc(-c3csc4c3ccc3c5ccc(-c6c7ccccc7c(-c7cccc8ccccc78)c7ccccc67)cc5sc34)ccc2c1. The van der Waals surface area contributed by atoms with Crippen molar-refractivity contribution in [2.75, 3.05) is 0 Å². The molecule has 0 saturated heterocycles. The second-order valence-corrected chi connectivity index (χ2v) is 15.1. The van der Waals surface area contributed by atoms with Gasteiger partial charge >= 0.3 is 0 Å². The maximum atomic E-state index is 2.44. The van der Waals surface area contributed by atoms with E-state index in [1.807, 2.05) is 22.7 Å². The number of benzene rings is 9. The van der Waals surface area contributed by atoms with Gasteiger partial charge in [0.25, 0.3) is 0 Å². The van der Waals surface area contributed by atoms with E-state index in [1.165, 1.54) is 107 Å². The van der Waals surface area contributed by atoms with Crippen LogP contribution in [-0.2, 0) is 0 Å². The van der Waals surface area contributed by atoms with Crippen molar-refractivity contribution in [3.63, 3.8) is 0 Å². The fraction of sp³-hybridized carbons (Fsp3) is 0. The van der Waals surface area contributed by atoms with Crippen LogP contribution in [0.1, 0.15) is 0 Å². The van der Waals surface area contributed by atoms with Crippen LogP contribution in [-0.4, -0.2) is 0 Å². The summed E-state index contributed by atoms with van der Waals surface area (Å²) in [4.78, 5) is 0. The minimum absolute atomic E-state index is 1.26.